The molecule has 0 saturated carbocycles. The van der Waals surface area contributed by atoms with E-state index in [2.05, 4.69) is 0 Å². The molecule has 0 radical (unpaired) electrons. The van der Waals surface area contributed by atoms with Gasteiger partial charge in [-0.05, 0) is 13.8 Å². The lowest BCUT2D eigenvalue weighted by molar-refractivity contribution is 0.125. The normalized spacial score (nSPS) is 28.9. The van der Waals surface area contributed by atoms with Crippen molar-refractivity contribution >= 4 is 0 Å². The second-order valence-corrected chi connectivity index (χ2v) is 2.53. The third-order valence-corrected chi connectivity index (χ3v) is 1.66. The SMILES string of the molecule is CCOC[C@H]1O[C@@H]1COCC. The van der Waals surface area contributed by atoms with E-state index in [1.165, 1.54) is 0 Å². The van der Waals surface area contributed by atoms with E-state index in [9.17, 15) is 0 Å². The predicted octanol–water partition coefficient (Wildman–Crippen LogP) is 0.827. The van der Waals surface area contributed by atoms with Crippen LogP contribution in [0.1, 0.15) is 13.8 Å². The summed E-state index contributed by atoms with van der Waals surface area (Å²) in [5, 5.41) is 0. The van der Waals surface area contributed by atoms with E-state index in [0.29, 0.717) is 25.4 Å². The van der Waals surface area contributed by atoms with E-state index in [1.807, 2.05) is 13.8 Å². The lowest BCUT2D eigenvalue weighted by Crippen LogP contribution is -2.09. The summed E-state index contributed by atoms with van der Waals surface area (Å²) in [6.07, 6.45) is 0.586. The molecular formula is C8H16O3. The van der Waals surface area contributed by atoms with Gasteiger partial charge in [-0.1, -0.05) is 0 Å². The summed E-state index contributed by atoms with van der Waals surface area (Å²) in [6.45, 7) is 6.94. The minimum Gasteiger partial charge on any atom is -0.379 e. The zero-order valence-corrected chi connectivity index (χ0v) is 7.21. The molecule has 0 aromatic carbocycles. The maximum atomic E-state index is 5.27. The molecule has 1 aliphatic heterocycles. The number of ether oxygens (including phenoxy) is 3. The maximum absolute atomic E-state index is 5.27. The molecule has 2 atom stereocenters. The molecule has 1 heterocycles. The fraction of sp³-hybridized carbons (Fsp3) is 1.00. The molecule has 0 aromatic heterocycles. The van der Waals surface area contributed by atoms with E-state index in [1.54, 1.807) is 0 Å². The molecule has 0 aromatic rings. The molecule has 1 saturated heterocycles. The molecule has 3 nitrogen and oxygen atoms in total. The Morgan fingerprint density at radius 3 is 1.82 bits per heavy atom. The van der Waals surface area contributed by atoms with E-state index in [0.717, 1.165) is 13.2 Å². The van der Waals surface area contributed by atoms with Crippen molar-refractivity contribution in [3.8, 4) is 0 Å². The molecule has 0 bridgehead atoms. The summed E-state index contributed by atoms with van der Waals surface area (Å²) < 4.78 is 15.6. The molecule has 66 valence electrons. The zero-order chi connectivity index (χ0) is 8.10. The highest BCUT2D eigenvalue weighted by molar-refractivity contribution is 4.84. The van der Waals surface area contributed by atoms with E-state index >= 15 is 0 Å². The van der Waals surface area contributed by atoms with Gasteiger partial charge in [0, 0.05) is 13.2 Å². The predicted molar refractivity (Wildman–Crippen MR) is 41.6 cm³/mol. The zero-order valence-electron chi connectivity index (χ0n) is 7.21. The summed E-state index contributed by atoms with van der Waals surface area (Å²) >= 11 is 0. The fourth-order valence-electron chi connectivity index (χ4n) is 0.940. The van der Waals surface area contributed by atoms with Crippen molar-refractivity contribution in [3.63, 3.8) is 0 Å². The van der Waals surface area contributed by atoms with Crippen LogP contribution in [0.4, 0.5) is 0 Å². The van der Waals surface area contributed by atoms with Gasteiger partial charge in [0.15, 0.2) is 0 Å². The lowest BCUT2D eigenvalue weighted by atomic mass is 10.3. The average Bonchev–Trinajstić information content (AvgIpc) is 2.76. The molecular weight excluding hydrogens is 144 g/mol. The van der Waals surface area contributed by atoms with Gasteiger partial charge in [0.1, 0.15) is 12.2 Å². The van der Waals surface area contributed by atoms with Gasteiger partial charge in [-0.25, -0.2) is 0 Å². The summed E-state index contributed by atoms with van der Waals surface area (Å²) in [4.78, 5) is 0. The van der Waals surface area contributed by atoms with E-state index in [-0.39, 0.29) is 0 Å². The van der Waals surface area contributed by atoms with Crippen LogP contribution in [-0.2, 0) is 14.2 Å². The maximum Gasteiger partial charge on any atom is 0.110 e. The van der Waals surface area contributed by atoms with Crippen LogP contribution < -0.4 is 0 Å². The topological polar surface area (TPSA) is 31.0 Å². The summed E-state index contributed by atoms with van der Waals surface area (Å²) in [5.41, 5.74) is 0. The highest BCUT2D eigenvalue weighted by Gasteiger charge is 2.38. The molecule has 3 heteroatoms. The Kier molecular flexibility index (Phi) is 3.83. The monoisotopic (exact) mass is 160 g/mol. The van der Waals surface area contributed by atoms with Gasteiger partial charge in [-0.3, -0.25) is 0 Å². The van der Waals surface area contributed by atoms with Gasteiger partial charge in [0.05, 0.1) is 13.2 Å². The molecule has 0 unspecified atom stereocenters. The van der Waals surface area contributed by atoms with Crippen molar-refractivity contribution in [2.45, 2.75) is 26.1 Å². The Morgan fingerprint density at radius 1 is 1.00 bits per heavy atom. The van der Waals surface area contributed by atoms with Crippen LogP contribution >= 0.6 is 0 Å². The van der Waals surface area contributed by atoms with Gasteiger partial charge < -0.3 is 14.2 Å². The Balaban J connectivity index is 1.89. The minimum absolute atomic E-state index is 0.293. The van der Waals surface area contributed by atoms with Crippen LogP contribution in [0, 0.1) is 0 Å². The Labute approximate surface area is 67.6 Å². The van der Waals surface area contributed by atoms with Crippen molar-refractivity contribution in [2.24, 2.45) is 0 Å². The number of hydrogen-bond donors (Lipinski definition) is 0. The first-order chi connectivity index (χ1) is 5.38. The van der Waals surface area contributed by atoms with Crippen LogP contribution in [0.25, 0.3) is 0 Å². The van der Waals surface area contributed by atoms with Crippen molar-refractivity contribution in [1.29, 1.82) is 0 Å². The van der Waals surface area contributed by atoms with Crippen LogP contribution in [-0.4, -0.2) is 38.6 Å². The molecule has 11 heavy (non-hydrogen) atoms. The largest absolute Gasteiger partial charge is 0.379 e. The smallest absolute Gasteiger partial charge is 0.110 e. The fourth-order valence-corrected chi connectivity index (χ4v) is 0.940. The van der Waals surface area contributed by atoms with Crippen LogP contribution in [0.5, 0.6) is 0 Å². The Bertz CT molecular complexity index is 93.5. The second-order valence-electron chi connectivity index (χ2n) is 2.53. The van der Waals surface area contributed by atoms with Gasteiger partial charge in [0.2, 0.25) is 0 Å². The van der Waals surface area contributed by atoms with Gasteiger partial charge >= 0.3 is 0 Å². The van der Waals surface area contributed by atoms with Crippen molar-refractivity contribution < 1.29 is 14.2 Å². The van der Waals surface area contributed by atoms with Crippen molar-refractivity contribution in [3.05, 3.63) is 0 Å². The molecule has 1 aliphatic rings. The lowest BCUT2D eigenvalue weighted by Gasteiger charge is -1.96. The minimum atomic E-state index is 0.293. The van der Waals surface area contributed by atoms with E-state index in [4.69, 9.17) is 14.2 Å². The Hall–Kier alpha value is -0.120. The highest BCUT2D eigenvalue weighted by Crippen LogP contribution is 2.22. The molecule has 1 fully saturated rings. The molecule has 0 amide bonds. The van der Waals surface area contributed by atoms with Gasteiger partial charge in [0.25, 0.3) is 0 Å². The first-order valence-electron chi connectivity index (χ1n) is 4.19. The molecule has 1 rings (SSSR count). The molecule has 0 aliphatic carbocycles. The third-order valence-electron chi connectivity index (χ3n) is 1.66. The quantitative estimate of drug-likeness (QED) is 0.539. The number of hydrogen-bond acceptors (Lipinski definition) is 3. The standard InChI is InChI=1S/C8H16O3/c1-3-9-5-7-8(11-7)6-10-4-2/h7-8H,3-6H2,1-2H3/t7-,8-/m1/s1. The third kappa shape index (κ3) is 3.18. The average molecular weight is 160 g/mol. The molecule has 0 N–H and O–H groups in total. The van der Waals surface area contributed by atoms with Gasteiger partial charge in [-0.2, -0.15) is 0 Å². The summed E-state index contributed by atoms with van der Waals surface area (Å²) in [6, 6.07) is 0. The molecule has 0 spiro atoms. The number of epoxide rings is 1. The number of rotatable bonds is 6. The summed E-state index contributed by atoms with van der Waals surface area (Å²) in [5.74, 6) is 0. The first-order valence-corrected chi connectivity index (χ1v) is 4.19. The van der Waals surface area contributed by atoms with Crippen LogP contribution in [0.3, 0.4) is 0 Å². The van der Waals surface area contributed by atoms with Gasteiger partial charge in [-0.15, -0.1) is 0 Å². The first kappa shape index (κ1) is 8.97. The highest BCUT2D eigenvalue weighted by atomic mass is 16.6. The van der Waals surface area contributed by atoms with Crippen LogP contribution in [0.15, 0.2) is 0 Å². The van der Waals surface area contributed by atoms with Crippen molar-refractivity contribution in [1.82, 2.24) is 0 Å². The van der Waals surface area contributed by atoms with Crippen LogP contribution in [0.2, 0.25) is 0 Å². The summed E-state index contributed by atoms with van der Waals surface area (Å²) in [7, 11) is 0. The van der Waals surface area contributed by atoms with Crippen molar-refractivity contribution in [2.75, 3.05) is 26.4 Å². The Morgan fingerprint density at radius 2 is 1.45 bits per heavy atom. The van der Waals surface area contributed by atoms with E-state index < -0.39 is 0 Å². The second kappa shape index (κ2) is 4.70.